The number of hydrogen-bond acceptors (Lipinski definition) is 7. The number of ether oxygens (including phenoxy) is 2. The van der Waals surface area contributed by atoms with Crippen molar-refractivity contribution in [3.63, 3.8) is 0 Å². The number of nitrogens with zero attached hydrogens (tertiary/aromatic N) is 2. The predicted molar refractivity (Wildman–Crippen MR) is 89.2 cm³/mol. The normalized spacial score (nSPS) is 17.7. The maximum absolute atomic E-state index is 12.2. The maximum Gasteiger partial charge on any atom is 0.314 e. The molecule has 0 unspecified atom stereocenters. The monoisotopic (exact) mass is 349 g/mol. The SMILES string of the molecule is CCOC(=O)C1(COC)CCN(Cc2cnc(N)s2)CC1.Cl. The van der Waals surface area contributed by atoms with Crippen molar-refractivity contribution in [3.05, 3.63) is 11.1 Å². The molecule has 1 aromatic heterocycles. The second-order valence-corrected chi connectivity index (χ2v) is 6.52. The lowest BCUT2D eigenvalue weighted by Gasteiger charge is -2.39. The molecule has 0 amide bonds. The van der Waals surface area contributed by atoms with E-state index in [1.54, 1.807) is 7.11 Å². The van der Waals surface area contributed by atoms with Gasteiger partial charge in [-0.1, -0.05) is 0 Å². The van der Waals surface area contributed by atoms with E-state index >= 15 is 0 Å². The lowest BCUT2D eigenvalue weighted by Crippen LogP contribution is -2.47. The summed E-state index contributed by atoms with van der Waals surface area (Å²) in [6.45, 7) is 5.20. The highest BCUT2D eigenvalue weighted by Gasteiger charge is 2.42. The fraction of sp³-hybridized carbons (Fsp3) is 0.714. The van der Waals surface area contributed by atoms with Crippen LogP contribution in [0.3, 0.4) is 0 Å². The van der Waals surface area contributed by atoms with E-state index in [2.05, 4.69) is 9.88 Å². The van der Waals surface area contributed by atoms with Crippen molar-refractivity contribution in [1.82, 2.24) is 9.88 Å². The molecule has 0 radical (unpaired) electrons. The largest absolute Gasteiger partial charge is 0.465 e. The first kappa shape index (κ1) is 19.2. The fourth-order valence-corrected chi connectivity index (χ4v) is 3.45. The molecule has 1 aromatic rings. The van der Waals surface area contributed by atoms with Gasteiger partial charge in [-0.3, -0.25) is 9.69 Å². The Morgan fingerprint density at radius 2 is 2.18 bits per heavy atom. The van der Waals surface area contributed by atoms with Crippen LogP contribution >= 0.6 is 23.7 Å². The number of hydrogen-bond donors (Lipinski definition) is 1. The van der Waals surface area contributed by atoms with E-state index in [4.69, 9.17) is 15.2 Å². The summed E-state index contributed by atoms with van der Waals surface area (Å²) in [6, 6.07) is 0. The number of thiazole rings is 1. The highest BCUT2D eigenvalue weighted by atomic mass is 35.5. The van der Waals surface area contributed by atoms with Gasteiger partial charge in [0.15, 0.2) is 5.13 Å². The molecule has 2 heterocycles. The van der Waals surface area contributed by atoms with E-state index in [1.165, 1.54) is 11.3 Å². The van der Waals surface area contributed by atoms with Crippen molar-refractivity contribution in [3.8, 4) is 0 Å². The molecule has 8 heteroatoms. The third kappa shape index (κ3) is 4.55. The van der Waals surface area contributed by atoms with E-state index in [-0.39, 0.29) is 18.4 Å². The van der Waals surface area contributed by atoms with Gasteiger partial charge in [0.25, 0.3) is 0 Å². The first-order chi connectivity index (χ1) is 10.1. The van der Waals surface area contributed by atoms with Gasteiger partial charge in [0.05, 0.1) is 18.6 Å². The van der Waals surface area contributed by atoms with E-state index in [9.17, 15) is 4.79 Å². The quantitative estimate of drug-likeness (QED) is 0.791. The Balaban J connectivity index is 0.00000242. The molecule has 0 aromatic carbocycles. The van der Waals surface area contributed by atoms with E-state index in [0.29, 0.717) is 18.3 Å². The molecule has 0 saturated carbocycles. The first-order valence-electron chi connectivity index (χ1n) is 7.18. The minimum Gasteiger partial charge on any atom is -0.465 e. The average molecular weight is 350 g/mol. The van der Waals surface area contributed by atoms with Gasteiger partial charge in [0, 0.05) is 24.7 Å². The zero-order valence-electron chi connectivity index (χ0n) is 13.0. The molecular formula is C14H24ClN3O3S. The lowest BCUT2D eigenvalue weighted by molar-refractivity contribution is -0.162. The van der Waals surface area contributed by atoms with Gasteiger partial charge in [-0.2, -0.15) is 0 Å². The van der Waals surface area contributed by atoms with E-state index in [0.717, 1.165) is 37.4 Å². The summed E-state index contributed by atoms with van der Waals surface area (Å²) >= 11 is 1.51. The first-order valence-corrected chi connectivity index (χ1v) is 8.00. The number of piperidine rings is 1. The van der Waals surface area contributed by atoms with Crippen LogP contribution in [-0.4, -0.2) is 49.3 Å². The molecule has 0 aliphatic carbocycles. The number of anilines is 1. The van der Waals surface area contributed by atoms with Crippen molar-refractivity contribution < 1.29 is 14.3 Å². The maximum atomic E-state index is 12.2. The second-order valence-electron chi connectivity index (χ2n) is 5.37. The van der Waals surface area contributed by atoms with Gasteiger partial charge in [-0.05, 0) is 32.9 Å². The van der Waals surface area contributed by atoms with Gasteiger partial charge in [0.1, 0.15) is 0 Å². The number of nitrogen functional groups attached to an aromatic ring is 1. The molecule has 2 N–H and O–H groups in total. The van der Waals surface area contributed by atoms with E-state index < -0.39 is 5.41 Å². The molecule has 1 aliphatic rings. The van der Waals surface area contributed by atoms with Crippen LogP contribution in [0.5, 0.6) is 0 Å². The summed E-state index contributed by atoms with van der Waals surface area (Å²) in [4.78, 5) is 19.8. The Morgan fingerprint density at radius 3 is 2.68 bits per heavy atom. The summed E-state index contributed by atoms with van der Waals surface area (Å²) in [6.07, 6.45) is 3.34. The number of aromatic nitrogens is 1. The number of likely N-dealkylation sites (tertiary alicyclic amines) is 1. The molecular weight excluding hydrogens is 326 g/mol. The summed E-state index contributed by atoms with van der Waals surface area (Å²) < 4.78 is 10.5. The highest BCUT2D eigenvalue weighted by molar-refractivity contribution is 7.15. The number of esters is 1. The zero-order chi connectivity index (χ0) is 15.3. The zero-order valence-corrected chi connectivity index (χ0v) is 14.7. The van der Waals surface area contributed by atoms with Gasteiger partial charge >= 0.3 is 5.97 Å². The number of carbonyl (C=O) groups excluding carboxylic acids is 1. The molecule has 22 heavy (non-hydrogen) atoms. The minimum atomic E-state index is -0.492. The lowest BCUT2D eigenvalue weighted by atomic mass is 9.79. The minimum absolute atomic E-state index is 0. The molecule has 2 rings (SSSR count). The Morgan fingerprint density at radius 1 is 1.50 bits per heavy atom. The van der Waals surface area contributed by atoms with E-state index in [1.807, 2.05) is 13.1 Å². The van der Waals surface area contributed by atoms with Gasteiger partial charge < -0.3 is 15.2 Å². The molecule has 1 aliphatic heterocycles. The van der Waals surface area contributed by atoms with Crippen LogP contribution in [0.1, 0.15) is 24.6 Å². The Bertz CT molecular complexity index is 476. The standard InChI is InChI=1S/C14H23N3O3S.ClH/c1-3-20-12(18)14(10-19-2)4-6-17(7-5-14)9-11-8-16-13(15)21-11;/h8H,3-7,9-10H2,1-2H3,(H2,15,16);1H. The van der Waals surface area contributed by atoms with Crippen molar-refractivity contribution >= 4 is 34.8 Å². The Kier molecular flexibility index (Phi) is 7.55. The smallest absolute Gasteiger partial charge is 0.314 e. The highest BCUT2D eigenvalue weighted by Crippen LogP contribution is 2.34. The average Bonchev–Trinajstić information content (AvgIpc) is 2.87. The second kappa shape index (κ2) is 8.67. The van der Waals surface area contributed by atoms with Crippen molar-refractivity contribution in [2.45, 2.75) is 26.3 Å². The number of carbonyl (C=O) groups is 1. The molecule has 0 bridgehead atoms. The predicted octanol–water partition coefficient (Wildman–Crippen LogP) is 1.94. The van der Waals surface area contributed by atoms with Gasteiger partial charge in [-0.25, -0.2) is 4.98 Å². The Hall–Kier alpha value is -0.890. The van der Waals surface area contributed by atoms with Crippen molar-refractivity contribution in [2.24, 2.45) is 5.41 Å². The number of rotatable bonds is 6. The summed E-state index contributed by atoms with van der Waals surface area (Å²) in [5.41, 5.74) is 5.16. The number of halogens is 1. The van der Waals surface area contributed by atoms with Crippen LogP contribution in [-0.2, 0) is 20.8 Å². The summed E-state index contributed by atoms with van der Waals surface area (Å²) in [5, 5.41) is 0.599. The van der Waals surface area contributed by atoms with Crippen molar-refractivity contribution in [2.75, 3.05) is 39.1 Å². The van der Waals surface area contributed by atoms with Crippen LogP contribution in [0.4, 0.5) is 5.13 Å². The molecule has 0 atom stereocenters. The van der Waals surface area contributed by atoms with Gasteiger partial charge in [-0.15, -0.1) is 23.7 Å². The number of nitrogens with two attached hydrogens (primary N) is 1. The summed E-state index contributed by atoms with van der Waals surface area (Å²) in [5.74, 6) is -0.131. The molecule has 1 fully saturated rings. The molecule has 1 saturated heterocycles. The van der Waals surface area contributed by atoms with Crippen LogP contribution in [0.25, 0.3) is 0 Å². The van der Waals surface area contributed by atoms with Crippen LogP contribution in [0, 0.1) is 5.41 Å². The fourth-order valence-electron chi connectivity index (χ4n) is 2.72. The van der Waals surface area contributed by atoms with Crippen LogP contribution in [0.2, 0.25) is 0 Å². The third-order valence-corrected chi connectivity index (χ3v) is 4.70. The molecule has 126 valence electrons. The molecule has 0 spiro atoms. The third-order valence-electron chi connectivity index (χ3n) is 3.89. The summed E-state index contributed by atoms with van der Waals surface area (Å²) in [7, 11) is 1.63. The topological polar surface area (TPSA) is 77.7 Å². The molecule has 6 nitrogen and oxygen atoms in total. The number of methoxy groups -OCH3 is 1. The van der Waals surface area contributed by atoms with Crippen LogP contribution in [0.15, 0.2) is 6.20 Å². The van der Waals surface area contributed by atoms with Crippen molar-refractivity contribution in [1.29, 1.82) is 0 Å². The van der Waals surface area contributed by atoms with Crippen LogP contribution < -0.4 is 5.73 Å². The van der Waals surface area contributed by atoms with Gasteiger partial charge in [0.2, 0.25) is 0 Å². The Labute approximate surface area is 141 Å².